The van der Waals surface area contributed by atoms with Gasteiger partial charge >= 0.3 is 6.09 Å². The van der Waals surface area contributed by atoms with E-state index < -0.39 is 6.09 Å². The second-order valence-electron chi connectivity index (χ2n) is 5.63. The molecule has 3 N–H and O–H groups in total. The molecule has 5 nitrogen and oxygen atoms in total. The zero-order chi connectivity index (χ0) is 18.1. The summed E-state index contributed by atoms with van der Waals surface area (Å²) in [6.07, 6.45) is -0.544. The quantitative estimate of drug-likeness (QED) is 0.639. The molecular formula is C19H23NO4S. The van der Waals surface area contributed by atoms with Gasteiger partial charge in [0, 0.05) is 11.0 Å². The first-order valence-corrected chi connectivity index (χ1v) is 9.06. The van der Waals surface area contributed by atoms with E-state index >= 15 is 0 Å². The van der Waals surface area contributed by atoms with Gasteiger partial charge in [-0.1, -0.05) is 42.5 Å². The molecule has 0 aliphatic carbocycles. The lowest BCUT2D eigenvalue weighted by Gasteiger charge is -2.25. The molecular weight excluding hydrogens is 338 g/mol. The fraction of sp³-hybridized carbons (Fsp3) is 0.316. The van der Waals surface area contributed by atoms with Crippen LogP contribution in [-0.2, 0) is 12.2 Å². The monoisotopic (exact) mass is 361 g/mol. The summed E-state index contributed by atoms with van der Waals surface area (Å²) in [5, 5.41) is 21.2. The third-order valence-corrected chi connectivity index (χ3v) is 5.26. The Balaban J connectivity index is 2.02. The summed E-state index contributed by atoms with van der Waals surface area (Å²) in [6.45, 7) is -0.0986. The highest BCUT2D eigenvalue weighted by Crippen LogP contribution is 2.23. The molecule has 2 aromatic rings. The topological polar surface area (TPSA) is 78.8 Å². The maximum absolute atomic E-state index is 11.1. The number of amides is 1. The number of carboxylic acid groups (broad SMARTS) is 1. The second kappa shape index (κ2) is 9.96. The van der Waals surface area contributed by atoms with E-state index in [1.807, 2.05) is 54.6 Å². The van der Waals surface area contributed by atoms with Gasteiger partial charge in [0.2, 0.25) is 0 Å². The van der Waals surface area contributed by atoms with Crippen molar-refractivity contribution < 1.29 is 19.7 Å². The van der Waals surface area contributed by atoms with Gasteiger partial charge in [0.15, 0.2) is 0 Å². The maximum atomic E-state index is 11.1. The highest BCUT2D eigenvalue weighted by atomic mass is 32.2. The fourth-order valence-electron chi connectivity index (χ4n) is 2.52. The van der Waals surface area contributed by atoms with Gasteiger partial charge in [-0.2, -0.15) is 0 Å². The van der Waals surface area contributed by atoms with Crippen LogP contribution >= 0.6 is 11.8 Å². The standard InChI is InChI=1S/C19H23NO4S/c1-24-16-9-7-15(8-10-16)13-25-18(12-21)17(20-19(22)23)11-14-5-3-2-4-6-14/h2-10,17-18,20-21H,11-13H2,1H3,(H,22,23). The minimum atomic E-state index is -1.08. The molecule has 0 spiro atoms. The van der Waals surface area contributed by atoms with Crippen molar-refractivity contribution in [1.82, 2.24) is 5.32 Å². The number of nitrogens with one attached hydrogen (secondary N) is 1. The van der Waals surface area contributed by atoms with Crippen molar-refractivity contribution in [3.63, 3.8) is 0 Å². The molecule has 0 saturated heterocycles. The predicted octanol–water partition coefficient (Wildman–Crippen LogP) is 3.17. The summed E-state index contributed by atoms with van der Waals surface area (Å²) in [7, 11) is 1.62. The summed E-state index contributed by atoms with van der Waals surface area (Å²) in [6, 6.07) is 17.0. The van der Waals surface area contributed by atoms with Gasteiger partial charge in [-0.05, 0) is 29.7 Å². The number of benzene rings is 2. The third-order valence-electron chi connectivity index (χ3n) is 3.86. The van der Waals surface area contributed by atoms with E-state index in [-0.39, 0.29) is 17.9 Å². The average Bonchev–Trinajstić information content (AvgIpc) is 2.63. The molecule has 0 heterocycles. The van der Waals surface area contributed by atoms with Gasteiger partial charge in [-0.25, -0.2) is 4.79 Å². The normalized spacial score (nSPS) is 13.0. The number of aliphatic hydroxyl groups excluding tert-OH is 1. The Morgan fingerprint density at radius 2 is 1.80 bits per heavy atom. The van der Waals surface area contributed by atoms with Crippen molar-refractivity contribution in [2.24, 2.45) is 0 Å². The Morgan fingerprint density at radius 3 is 2.36 bits per heavy atom. The number of aliphatic hydroxyl groups is 1. The van der Waals surface area contributed by atoms with Gasteiger partial charge in [-0.3, -0.25) is 0 Å². The van der Waals surface area contributed by atoms with Crippen LogP contribution in [-0.4, -0.2) is 41.3 Å². The summed E-state index contributed by atoms with van der Waals surface area (Å²) < 4.78 is 5.14. The molecule has 0 fully saturated rings. The Kier molecular flexibility index (Phi) is 7.63. The van der Waals surface area contributed by atoms with Crippen LogP contribution < -0.4 is 10.1 Å². The van der Waals surface area contributed by atoms with Crippen molar-refractivity contribution >= 4 is 17.9 Å². The summed E-state index contributed by atoms with van der Waals surface area (Å²) >= 11 is 1.54. The highest BCUT2D eigenvalue weighted by Gasteiger charge is 2.23. The van der Waals surface area contributed by atoms with Gasteiger partial charge in [-0.15, -0.1) is 11.8 Å². The van der Waals surface area contributed by atoms with Crippen LogP contribution in [0.5, 0.6) is 5.75 Å². The van der Waals surface area contributed by atoms with E-state index in [1.165, 1.54) is 0 Å². The van der Waals surface area contributed by atoms with Gasteiger partial charge in [0.05, 0.1) is 19.8 Å². The van der Waals surface area contributed by atoms with Crippen molar-refractivity contribution in [3.8, 4) is 5.75 Å². The van der Waals surface area contributed by atoms with Crippen LogP contribution in [0.3, 0.4) is 0 Å². The molecule has 2 unspecified atom stereocenters. The molecule has 134 valence electrons. The van der Waals surface area contributed by atoms with Crippen LogP contribution in [0, 0.1) is 0 Å². The number of hydrogen-bond donors (Lipinski definition) is 3. The molecule has 6 heteroatoms. The SMILES string of the molecule is COc1ccc(CSC(CO)C(Cc2ccccc2)NC(=O)O)cc1. The lowest BCUT2D eigenvalue weighted by molar-refractivity contribution is 0.186. The van der Waals surface area contributed by atoms with Crippen LogP contribution in [0.2, 0.25) is 0 Å². The van der Waals surface area contributed by atoms with Crippen molar-refractivity contribution in [2.45, 2.75) is 23.5 Å². The molecule has 0 bridgehead atoms. The number of thioether (sulfide) groups is 1. The summed E-state index contributed by atoms with van der Waals surface area (Å²) in [5.74, 6) is 1.48. The molecule has 25 heavy (non-hydrogen) atoms. The molecule has 1 amide bonds. The lowest BCUT2D eigenvalue weighted by Crippen LogP contribution is -2.44. The number of rotatable bonds is 9. The van der Waals surface area contributed by atoms with Crippen LogP contribution in [0.15, 0.2) is 54.6 Å². The second-order valence-corrected chi connectivity index (χ2v) is 6.85. The van der Waals surface area contributed by atoms with Gasteiger partial charge < -0.3 is 20.3 Å². The maximum Gasteiger partial charge on any atom is 0.404 e. The van der Waals surface area contributed by atoms with E-state index in [0.29, 0.717) is 12.2 Å². The molecule has 0 aliphatic rings. The first kappa shape index (κ1) is 19.1. The van der Waals surface area contributed by atoms with Crippen molar-refractivity contribution in [3.05, 3.63) is 65.7 Å². The Bertz CT molecular complexity index is 648. The molecule has 0 aromatic heterocycles. The lowest BCUT2D eigenvalue weighted by atomic mass is 10.0. The van der Waals surface area contributed by atoms with Gasteiger partial charge in [0.25, 0.3) is 0 Å². The molecule has 0 saturated carbocycles. The number of ether oxygens (including phenoxy) is 1. The zero-order valence-electron chi connectivity index (χ0n) is 14.1. The Morgan fingerprint density at radius 1 is 1.12 bits per heavy atom. The van der Waals surface area contributed by atoms with Crippen LogP contribution in [0.25, 0.3) is 0 Å². The number of methoxy groups -OCH3 is 1. The van der Waals surface area contributed by atoms with Crippen LogP contribution in [0.1, 0.15) is 11.1 Å². The van der Waals surface area contributed by atoms with Gasteiger partial charge in [0.1, 0.15) is 5.75 Å². The molecule has 0 radical (unpaired) electrons. The van der Waals surface area contributed by atoms with E-state index in [2.05, 4.69) is 5.32 Å². The third kappa shape index (κ3) is 6.32. The molecule has 2 aromatic carbocycles. The zero-order valence-corrected chi connectivity index (χ0v) is 14.9. The van der Waals surface area contributed by atoms with E-state index in [4.69, 9.17) is 9.84 Å². The smallest absolute Gasteiger partial charge is 0.404 e. The number of hydrogen-bond acceptors (Lipinski definition) is 4. The fourth-order valence-corrected chi connectivity index (χ4v) is 3.62. The largest absolute Gasteiger partial charge is 0.497 e. The molecule has 0 aliphatic heterocycles. The summed E-state index contributed by atoms with van der Waals surface area (Å²) in [4.78, 5) is 11.1. The van der Waals surface area contributed by atoms with Crippen LogP contribution in [0.4, 0.5) is 4.79 Å². The average molecular weight is 361 g/mol. The predicted molar refractivity (Wildman–Crippen MR) is 100 cm³/mol. The highest BCUT2D eigenvalue weighted by molar-refractivity contribution is 7.99. The van der Waals surface area contributed by atoms with E-state index in [1.54, 1.807) is 18.9 Å². The minimum absolute atomic E-state index is 0.0986. The Hall–Kier alpha value is -2.18. The van der Waals surface area contributed by atoms with Crippen molar-refractivity contribution in [2.75, 3.05) is 13.7 Å². The van der Waals surface area contributed by atoms with E-state index in [0.717, 1.165) is 16.9 Å². The minimum Gasteiger partial charge on any atom is -0.497 e. The Labute approximate surface area is 152 Å². The first-order chi connectivity index (χ1) is 12.1. The molecule has 2 rings (SSSR count). The van der Waals surface area contributed by atoms with Crippen molar-refractivity contribution in [1.29, 1.82) is 0 Å². The number of carbonyl (C=O) groups is 1. The molecule has 2 atom stereocenters. The van der Waals surface area contributed by atoms with E-state index in [9.17, 15) is 9.90 Å². The summed E-state index contributed by atoms with van der Waals surface area (Å²) in [5.41, 5.74) is 2.13. The first-order valence-electron chi connectivity index (χ1n) is 8.01.